The molecular formula is C13H15N3O2S. The highest BCUT2D eigenvalue weighted by molar-refractivity contribution is 7.92. The van der Waals surface area contributed by atoms with Crippen LogP contribution in [0.25, 0.3) is 0 Å². The molecule has 2 rings (SSSR count). The highest BCUT2D eigenvalue weighted by Gasteiger charge is 2.18. The summed E-state index contributed by atoms with van der Waals surface area (Å²) in [6, 6.07) is 13.6. The molecule has 0 aliphatic heterocycles. The van der Waals surface area contributed by atoms with Gasteiger partial charge in [0.15, 0.2) is 0 Å². The van der Waals surface area contributed by atoms with Crippen molar-refractivity contribution in [3.63, 3.8) is 0 Å². The summed E-state index contributed by atoms with van der Waals surface area (Å²) in [5, 5.41) is 0. The van der Waals surface area contributed by atoms with E-state index in [4.69, 9.17) is 5.84 Å². The number of sulfonamides is 1. The van der Waals surface area contributed by atoms with Crippen molar-refractivity contribution in [3.8, 4) is 0 Å². The molecule has 0 fully saturated rings. The van der Waals surface area contributed by atoms with Crippen LogP contribution >= 0.6 is 0 Å². The standard InChI is InChI=1S/C13H15N3O2S/c1-10-6-2-3-7-11(10)16-19(17,18)13-9-5-4-8-12(13)15-14/h2-9,15-16H,14H2,1H3. The maximum atomic E-state index is 12.3. The number of nitrogens with two attached hydrogens (primary N) is 1. The summed E-state index contributed by atoms with van der Waals surface area (Å²) in [6.45, 7) is 1.84. The van der Waals surface area contributed by atoms with Crippen LogP contribution in [0.1, 0.15) is 5.56 Å². The first-order valence-corrected chi connectivity index (χ1v) is 7.17. The fourth-order valence-electron chi connectivity index (χ4n) is 1.71. The Kier molecular flexibility index (Phi) is 3.73. The second kappa shape index (κ2) is 5.29. The van der Waals surface area contributed by atoms with Crippen molar-refractivity contribution < 1.29 is 8.42 Å². The molecule has 0 saturated heterocycles. The molecule has 0 heterocycles. The van der Waals surface area contributed by atoms with Crippen molar-refractivity contribution in [2.45, 2.75) is 11.8 Å². The van der Waals surface area contributed by atoms with Gasteiger partial charge in [0.05, 0.1) is 11.4 Å². The summed E-state index contributed by atoms with van der Waals surface area (Å²) in [5.74, 6) is 5.33. The van der Waals surface area contributed by atoms with E-state index in [-0.39, 0.29) is 4.90 Å². The van der Waals surface area contributed by atoms with Gasteiger partial charge in [-0.05, 0) is 30.7 Å². The molecule has 100 valence electrons. The van der Waals surface area contributed by atoms with Gasteiger partial charge in [0.25, 0.3) is 10.0 Å². The molecule has 2 aromatic rings. The summed E-state index contributed by atoms with van der Waals surface area (Å²) in [7, 11) is -3.67. The molecule has 0 saturated carbocycles. The van der Waals surface area contributed by atoms with Crippen LogP contribution in [0.2, 0.25) is 0 Å². The van der Waals surface area contributed by atoms with E-state index < -0.39 is 10.0 Å². The molecule has 0 bridgehead atoms. The van der Waals surface area contributed by atoms with Gasteiger partial charge in [0.2, 0.25) is 0 Å². The van der Waals surface area contributed by atoms with Gasteiger partial charge in [0, 0.05) is 0 Å². The topological polar surface area (TPSA) is 84.2 Å². The van der Waals surface area contributed by atoms with E-state index >= 15 is 0 Å². The molecule has 0 aliphatic rings. The number of aryl methyl sites for hydroxylation is 1. The molecule has 0 spiro atoms. The van der Waals surface area contributed by atoms with Gasteiger partial charge >= 0.3 is 0 Å². The van der Waals surface area contributed by atoms with Crippen molar-refractivity contribution in [1.82, 2.24) is 0 Å². The molecule has 6 heteroatoms. The van der Waals surface area contributed by atoms with Crippen LogP contribution in [0.3, 0.4) is 0 Å². The Labute approximate surface area is 112 Å². The van der Waals surface area contributed by atoms with Crippen LogP contribution in [-0.2, 0) is 10.0 Å². The number of para-hydroxylation sites is 2. The Balaban J connectivity index is 2.41. The molecule has 4 N–H and O–H groups in total. The quantitative estimate of drug-likeness (QED) is 0.590. The zero-order valence-electron chi connectivity index (χ0n) is 10.4. The predicted octanol–water partition coefficient (Wildman–Crippen LogP) is 2.08. The lowest BCUT2D eigenvalue weighted by molar-refractivity contribution is 0.601. The molecule has 0 aliphatic carbocycles. The minimum Gasteiger partial charge on any atom is -0.323 e. The van der Waals surface area contributed by atoms with E-state index in [9.17, 15) is 8.42 Å². The fourth-order valence-corrected chi connectivity index (χ4v) is 3.01. The zero-order chi connectivity index (χ0) is 13.9. The van der Waals surface area contributed by atoms with Gasteiger partial charge in [-0.15, -0.1) is 0 Å². The van der Waals surface area contributed by atoms with Crippen molar-refractivity contribution >= 4 is 21.4 Å². The number of hydrogen-bond donors (Lipinski definition) is 3. The molecule has 0 unspecified atom stereocenters. The molecule has 2 aromatic carbocycles. The van der Waals surface area contributed by atoms with E-state index in [1.165, 1.54) is 6.07 Å². The number of nitrogen functional groups attached to an aromatic ring is 1. The highest BCUT2D eigenvalue weighted by atomic mass is 32.2. The maximum Gasteiger partial charge on any atom is 0.264 e. The molecule has 0 atom stereocenters. The smallest absolute Gasteiger partial charge is 0.264 e. The maximum absolute atomic E-state index is 12.3. The van der Waals surface area contributed by atoms with Gasteiger partial charge < -0.3 is 5.43 Å². The second-order valence-electron chi connectivity index (χ2n) is 4.06. The van der Waals surface area contributed by atoms with Crippen LogP contribution in [0.5, 0.6) is 0 Å². The van der Waals surface area contributed by atoms with Crippen molar-refractivity contribution in [1.29, 1.82) is 0 Å². The molecule has 5 nitrogen and oxygen atoms in total. The monoisotopic (exact) mass is 277 g/mol. The van der Waals surface area contributed by atoms with Crippen LogP contribution < -0.4 is 16.0 Å². The average molecular weight is 277 g/mol. The first-order valence-electron chi connectivity index (χ1n) is 5.68. The Bertz CT molecular complexity index is 684. The molecular weight excluding hydrogens is 262 g/mol. The normalized spacial score (nSPS) is 11.1. The third kappa shape index (κ3) is 2.86. The Morgan fingerprint density at radius 3 is 2.16 bits per heavy atom. The number of rotatable bonds is 4. The van der Waals surface area contributed by atoms with Crippen LogP contribution in [0.15, 0.2) is 53.4 Å². The van der Waals surface area contributed by atoms with Crippen LogP contribution in [0.4, 0.5) is 11.4 Å². The van der Waals surface area contributed by atoms with Crippen LogP contribution in [-0.4, -0.2) is 8.42 Å². The van der Waals surface area contributed by atoms with E-state index in [0.717, 1.165) is 5.56 Å². The minimum atomic E-state index is -3.67. The van der Waals surface area contributed by atoms with E-state index in [1.807, 2.05) is 19.1 Å². The van der Waals surface area contributed by atoms with Crippen molar-refractivity contribution in [2.24, 2.45) is 5.84 Å². The van der Waals surface area contributed by atoms with E-state index in [1.54, 1.807) is 30.3 Å². The van der Waals surface area contributed by atoms with Gasteiger partial charge in [-0.3, -0.25) is 10.6 Å². The SMILES string of the molecule is Cc1ccccc1NS(=O)(=O)c1ccccc1NN. The lowest BCUT2D eigenvalue weighted by Crippen LogP contribution is -2.17. The van der Waals surface area contributed by atoms with Gasteiger partial charge in [-0.25, -0.2) is 8.42 Å². The molecule has 19 heavy (non-hydrogen) atoms. The van der Waals surface area contributed by atoms with Gasteiger partial charge in [0.1, 0.15) is 4.90 Å². The first-order chi connectivity index (χ1) is 9.04. The van der Waals surface area contributed by atoms with Gasteiger partial charge in [-0.1, -0.05) is 30.3 Å². The fraction of sp³-hybridized carbons (Fsp3) is 0.0769. The summed E-state index contributed by atoms with van der Waals surface area (Å²) in [4.78, 5) is 0.112. The first kappa shape index (κ1) is 13.4. The van der Waals surface area contributed by atoms with Crippen LogP contribution in [0, 0.1) is 6.92 Å². The number of hydrazine groups is 1. The molecule has 0 amide bonds. The number of hydrogen-bond acceptors (Lipinski definition) is 4. The minimum absolute atomic E-state index is 0.112. The summed E-state index contributed by atoms with van der Waals surface area (Å²) in [6.07, 6.45) is 0. The Morgan fingerprint density at radius 1 is 0.947 bits per heavy atom. The lowest BCUT2D eigenvalue weighted by Gasteiger charge is -2.13. The average Bonchev–Trinajstić information content (AvgIpc) is 2.41. The third-order valence-corrected chi connectivity index (χ3v) is 4.15. The number of nitrogens with one attached hydrogen (secondary N) is 2. The Morgan fingerprint density at radius 2 is 1.53 bits per heavy atom. The number of benzene rings is 2. The summed E-state index contributed by atoms with van der Waals surface area (Å²) in [5.41, 5.74) is 4.13. The van der Waals surface area contributed by atoms with Crippen molar-refractivity contribution in [3.05, 3.63) is 54.1 Å². The van der Waals surface area contributed by atoms with Gasteiger partial charge in [-0.2, -0.15) is 0 Å². The number of anilines is 2. The van der Waals surface area contributed by atoms with E-state index in [2.05, 4.69) is 10.1 Å². The molecule has 0 aromatic heterocycles. The zero-order valence-corrected chi connectivity index (χ0v) is 11.2. The predicted molar refractivity (Wildman–Crippen MR) is 76.2 cm³/mol. The highest BCUT2D eigenvalue weighted by Crippen LogP contribution is 2.24. The Hall–Kier alpha value is -2.05. The lowest BCUT2D eigenvalue weighted by atomic mass is 10.2. The summed E-state index contributed by atoms with van der Waals surface area (Å²) < 4.78 is 27.2. The van der Waals surface area contributed by atoms with Crippen molar-refractivity contribution in [2.75, 3.05) is 10.1 Å². The largest absolute Gasteiger partial charge is 0.323 e. The molecule has 0 radical (unpaired) electrons. The summed E-state index contributed by atoms with van der Waals surface area (Å²) >= 11 is 0. The third-order valence-electron chi connectivity index (χ3n) is 2.72. The van der Waals surface area contributed by atoms with E-state index in [0.29, 0.717) is 11.4 Å². The second-order valence-corrected chi connectivity index (χ2v) is 5.71.